The molecule has 0 fully saturated rings. The van der Waals surface area contributed by atoms with Crippen LogP contribution in [0.25, 0.3) is 0 Å². The summed E-state index contributed by atoms with van der Waals surface area (Å²) in [4.78, 5) is 15.1. The van der Waals surface area contributed by atoms with E-state index in [1.165, 1.54) is 6.39 Å². The zero-order valence-corrected chi connectivity index (χ0v) is 8.14. The zero-order chi connectivity index (χ0) is 11.1. The van der Waals surface area contributed by atoms with E-state index in [4.69, 9.17) is 12.2 Å². The van der Waals surface area contributed by atoms with E-state index in [0.29, 0.717) is 18.8 Å². The van der Waals surface area contributed by atoms with Gasteiger partial charge >= 0.3 is 0 Å². The summed E-state index contributed by atoms with van der Waals surface area (Å²) in [6.45, 7) is 0.413. The van der Waals surface area contributed by atoms with Crippen LogP contribution < -0.4 is 11.1 Å². The molecule has 1 heterocycles. The molecular formula is C9H12N4O2. The first kappa shape index (κ1) is 11.2. The lowest BCUT2D eigenvalue weighted by Gasteiger charge is -2.08. The topological polar surface area (TPSA) is 94.0 Å². The number of hydrogen-bond acceptors (Lipinski definition) is 5. The minimum Gasteiger partial charge on any atom is -0.354 e. The number of nitrogens with one attached hydrogen (secondary N) is 1. The van der Waals surface area contributed by atoms with Crippen molar-refractivity contribution in [2.45, 2.75) is 18.9 Å². The van der Waals surface area contributed by atoms with Gasteiger partial charge in [-0.15, -0.1) is 12.3 Å². The van der Waals surface area contributed by atoms with E-state index in [1.807, 2.05) is 0 Å². The number of aromatic nitrogens is 2. The van der Waals surface area contributed by atoms with Crippen molar-refractivity contribution in [2.24, 2.45) is 5.73 Å². The number of carbonyl (C=O) groups is 1. The normalized spacial score (nSPS) is 11.7. The number of amides is 1. The monoisotopic (exact) mass is 208 g/mol. The molecule has 0 aliphatic heterocycles. The molecule has 1 atom stereocenters. The Labute approximate surface area is 87.2 Å². The van der Waals surface area contributed by atoms with Crippen LogP contribution in [0.4, 0.5) is 0 Å². The summed E-state index contributed by atoms with van der Waals surface area (Å²) < 4.78 is 4.53. The highest BCUT2D eigenvalue weighted by Gasteiger charge is 2.11. The lowest BCUT2D eigenvalue weighted by Crippen LogP contribution is -2.41. The minimum absolute atomic E-state index is 0.230. The number of rotatable bonds is 5. The van der Waals surface area contributed by atoms with E-state index in [1.54, 1.807) is 0 Å². The van der Waals surface area contributed by atoms with Crippen molar-refractivity contribution in [3.63, 3.8) is 0 Å². The third-order valence-corrected chi connectivity index (χ3v) is 1.73. The van der Waals surface area contributed by atoms with Crippen LogP contribution in [0.3, 0.4) is 0 Å². The molecule has 0 radical (unpaired) electrons. The van der Waals surface area contributed by atoms with Crippen molar-refractivity contribution < 1.29 is 9.32 Å². The Kier molecular flexibility index (Phi) is 4.31. The predicted octanol–water partition coefficient (Wildman–Crippen LogP) is -0.921. The van der Waals surface area contributed by atoms with Crippen molar-refractivity contribution in [1.29, 1.82) is 0 Å². The Morgan fingerprint density at radius 2 is 2.60 bits per heavy atom. The van der Waals surface area contributed by atoms with Crippen LogP contribution in [0, 0.1) is 12.3 Å². The van der Waals surface area contributed by atoms with Gasteiger partial charge < -0.3 is 15.6 Å². The molecule has 0 spiro atoms. The number of nitrogens with two attached hydrogens (primary N) is 1. The standard InChI is InChI=1S/C9H12N4O2/c1-2-3-7(10)9(14)11-5-4-8-12-6-15-13-8/h1,6-7H,3-5,10H2,(H,11,14). The molecule has 15 heavy (non-hydrogen) atoms. The third-order valence-electron chi connectivity index (χ3n) is 1.73. The number of carbonyl (C=O) groups excluding carboxylic acids is 1. The Morgan fingerprint density at radius 1 is 1.80 bits per heavy atom. The molecule has 3 N–H and O–H groups in total. The van der Waals surface area contributed by atoms with Gasteiger partial charge in [-0.25, -0.2) is 0 Å². The summed E-state index contributed by atoms with van der Waals surface area (Å²) in [7, 11) is 0. The van der Waals surface area contributed by atoms with Crippen LogP contribution in [0.1, 0.15) is 12.2 Å². The molecule has 0 aliphatic rings. The molecule has 1 unspecified atom stereocenters. The van der Waals surface area contributed by atoms with Crippen LogP contribution >= 0.6 is 0 Å². The van der Waals surface area contributed by atoms with E-state index in [0.717, 1.165) is 0 Å². The van der Waals surface area contributed by atoms with Crippen molar-refractivity contribution in [1.82, 2.24) is 15.5 Å². The summed E-state index contributed by atoms with van der Waals surface area (Å²) in [6, 6.07) is -0.653. The van der Waals surface area contributed by atoms with Crippen molar-refractivity contribution in [2.75, 3.05) is 6.54 Å². The second-order valence-electron chi connectivity index (χ2n) is 2.90. The highest BCUT2D eigenvalue weighted by Crippen LogP contribution is 1.89. The van der Waals surface area contributed by atoms with Crippen LogP contribution in [-0.2, 0) is 11.2 Å². The Morgan fingerprint density at radius 3 is 3.20 bits per heavy atom. The maximum Gasteiger partial charge on any atom is 0.237 e. The fourth-order valence-corrected chi connectivity index (χ4v) is 0.951. The van der Waals surface area contributed by atoms with Gasteiger partial charge in [-0.3, -0.25) is 4.79 Å². The van der Waals surface area contributed by atoms with E-state index in [2.05, 4.69) is 25.9 Å². The van der Waals surface area contributed by atoms with Gasteiger partial charge in [-0.2, -0.15) is 4.98 Å². The quantitative estimate of drug-likeness (QED) is 0.610. The lowest BCUT2D eigenvalue weighted by molar-refractivity contribution is -0.122. The van der Waals surface area contributed by atoms with E-state index >= 15 is 0 Å². The van der Waals surface area contributed by atoms with E-state index in [9.17, 15) is 4.79 Å². The number of nitrogens with zero attached hydrogens (tertiary/aromatic N) is 2. The van der Waals surface area contributed by atoms with Crippen LogP contribution in [-0.4, -0.2) is 28.6 Å². The number of hydrogen-bond donors (Lipinski definition) is 2. The van der Waals surface area contributed by atoms with Gasteiger partial charge in [0, 0.05) is 19.4 Å². The van der Waals surface area contributed by atoms with Crippen LogP contribution in [0.15, 0.2) is 10.9 Å². The molecule has 1 amide bonds. The van der Waals surface area contributed by atoms with Crippen LogP contribution in [0.5, 0.6) is 0 Å². The van der Waals surface area contributed by atoms with Gasteiger partial charge in [-0.05, 0) is 0 Å². The Hall–Kier alpha value is -1.87. The summed E-state index contributed by atoms with van der Waals surface area (Å²) >= 11 is 0. The lowest BCUT2D eigenvalue weighted by atomic mass is 10.2. The fraction of sp³-hybridized carbons (Fsp3) is 0.444. The molecule has 0 bridgehead atoms. The molecule has 0 aromatic carbocycles. The average molecular weight is 208 g/mol. The minimum atomic E-state index is -0.653. The van der Waals surface area contributed by atoms with Gasteiger partial charge in [0.1, 0.15) is 0 Å². The molecule has 1 rings (SSSR count). The Bertz CT molecular complexity index is 341. The smallest absolute Gasteiger partial charge is 0.237 e. The molecule has 0 saturated heterocycles. The molecule has 6 heteroatoms. The SMILES string of the molecule is C#CCC(N)C(=O)NCCc1ncon1. The Balaban J connectivity index is 2.20. The van der Waals surface area contributed by atoms with E-state index < -0.39 is 6.04 Å². The fourth-order valence-electron chi connectivity index (χ4n) is 0.951. The average Bonchev–Trinajstić information content (AvgIpc) is 2.71. The first-order chi connectivity index (χ1) is 7.24. The third kappa shape index (κ3) is 3.79. The second kappa shape index (κ2) is 5.78. The van der Waals surface area contributed by atoms with Crippen molar-refractivity contribution in [3.05, 3.63) is 12.2 Å². The van der Waals surface area contributed by atoms with Crippen molar-refractivity contribution in [3.8, 4) is 12.3 Å². The van der Waals surface area contributed by atoms with Gasteiger partial charge in [0.2, 0.25) is 12.3 Å². The molecule has 0 saturated carbocycles. The van der Waals surface area contributed by atoms with Gasteiger partial charge in [0.05, 0.1) is 6.04 Å². The summed E-state index contributed by atoms with van der Waals surface area (Å²) in [5, 5.41) is 6.22. The molecule has 1 aromatic rings. The van der Waals surface area contributed by atoms with Crippen LogP contribution in [0.2, 0.25) is 0 Å². The molecule has 0 aliphatic carbocycles. The highest BCUT2D eigenvalue weighted by atomic mass is 16.5. The van der Waals surface area contributed by atoms with Crippen molar-refractivity contribution >= 4 is 5.91 Å². The molecule has 80 valence electrons. The first-order valence-electron chi connectivity index (χ1n) is 4.46. The first-order valence-corrected chi connectivity index (χ1v) is 4.46. The summed E-state index contributed by atoms with van der Waals surface area (Å²) in [5.74, 6) is 2.60. The zero-order valence-electron chi connectivity index (χ0n) is 8.14. The van der Waals surface area contributed by atoms with Gasteiger partial charge in [0.25, 0.3) is 0 Å². The van der Waals surface area contributed by atoms with E-state index in [-0.39, 0.29) is 12.3 Å². The maximum atomic E-state index is 11.3. The second-order valence-corrected chi connectivity index (χ2v) is 2.90. The molecule has 6 nitrogen and oxygen atoms in total. The molecule has 1 aromatic heterocycles. The molecular weight excluding hydrogens is 196 g/mol. The predicted molar refractivity (Wildman–Crippen MR) is 52.4 cm³/mol. The summed E-state index contributed by atoms with van der Waals surface area (Å²) in [5.41, 5.74) is 5.48. The maximum absolute atomic E-state index is 11.3. The van der Waals surface area contributed by atoms with Gasteiger partial charge in [-0.1, -0.05) is 5.16 Å². The number of terminal acetylenes is 1. The summed E-state index contributed by atoms with van der Waals surface area (Å²) in [6.07, 6.45) is 7.00. The van der Waals surface area contributed by atoms with Gasteiger partial charge in [0.15, 0.2) is 5.82 Å². The highest BCUT2D eigenvalue weighted by molar-refractivity contribution is 5.81. The largest absolute Gasteiger partial charge is 0.354 e.